The Morgan fingerprint density at radius 1 is 0.484 bits per heavy atom. The van der Waals surface area contributed by atoms with Gasteiger partial charge in [-0.3, -0.25) is 19.6 Å². The van der Waals surface area contributed by atoms with Gasteiger partial charge in [0.15, 0.2) is 0 Å². The highest BCUT2D eigenvalue weighted by Crippen LogP contribution is 2.39. The molecule has 7 heteroatoms. The lowest BCUT2D eigenvalue weighted by atomic mass is 9.82. The van der Waals surface area contributed by atoms with Crippen LogP contribution in [0.15, 0.2) is 158 Å². The molecule has 6 aromatic rings. The molecular formula is C57H66F2N4O. The summed E-state index contributed by atoms with van der Waals surface area (Å²) in [6, 6.07) is 53.9. The van der Waals surface area contributed by atoms with Gasteiger partial charge in [0, 0.05) is 77.5 Å². The molecule has 8 rings (SSSR count). The Morgan fingerprint density at radius 2 is 1.00 bits per heavy atom. The third-order valence-corrected chi connectivity index (χ3v) is 13.8. The molecule has 2 saturated heterocycles. The molecule has 0 radical (unpaired) electrons. The molecule has 0 bridgehead atoms. The molecule has 2 fully saturated rings. The van der Waals surface area contributed by atoms with Gasteiger partial charge in [0.1, 0.15) is 17.4 Å². The van der Waals surface area contributed by atoms with Crippen LogP contribution in [0.3, 0.4) is 0 Å². The maximum atomic E-state index is 16.8. The third kappa shape index (κ3) is 12.8. The second kappa shape index (κ2) is 23.1. The third-order valence-electron chi connectivity index (χ3n) is 13.8. The van der Waals surface area contributed by atoms with E-state index in [2.05, 4.69) is 135 Å². The zero-order valence-corrected chi connectivity index (χ0v) is 37.7. The molecule has 6 aromatic carbocycles. The molecular weight excluding hydrogens is 795 g/mol. The van der Waals surface area contributed by atoms with Gasteiger partial charge in [0.2, 0.25) is 0 Å². The minimum Gasteiger partial charge on any atom is -0.497 e. The van der Waals surface area contributed by atoms with Crippen molar-refractivity contribution in [2.24, 2.45) is 0 Å². The van der Waals surface area contributed by atoms with Crippen LogP contribution in [0.1, 0.15) is 89.0 Å². The first-order valence-electron chi connectivity index (χ1n) is 23.7. The van der Waals surface area contributed by atoms with Crippen LogP contribution in [0.4, 0.5) is 8.78 Å². The number of hydrogen-bond acceptors (Lipinski definition) is 5. The Bertz CT molecular complexity index is 2260. The van der Waals surface area contributed by atoms with E-state index >= 15 is 4.39 Å². The fourth-order valence-electron chi connectivity index (χ4n) is 10.1. The highest BCUT2D eigenvalue weighted by atomic mass is 19.1. The van der Waals surface area contributed by atoms with Crippen LogP contribution in [-0.2, 0) is 25.9 Å². The maximum Gasteiger partial charge on any atom is 0.126 e. The number of piperazine rings is 2. The van der Waals surface area contributed by atoms with Gasteiger partial charge in [0.05, 0.1) is 7.11 Å². The quantitative estimate of drug-likeness (QED) is 0.0711. The topological polar surface area (TPSA) is 22.2 Å². The standard InChI is InChI=1S/C57H66F2N4O/c1-64-53-30-22-46(23-31-53)15-11-12-20-56(62-37-33-60(34-38-62)43-47-16-7-3-8-17-47)51-27-32-55(59)54(41-51)50(24-21-45-13-5-2-6-14-45)42-57(49-25-28-52(58)29-26-49)63-39-35-61(36-40-63)44-48-18-9-4-10-19-48/h2-10,13-14,16-19,22-23,25-32,41,50,56-57H,11-12,15,20-21,24,33-40,42-44H2,1H3. The summed E-state index contributed by atoms with van der Waals surface area (Å²) in [5.74, 6) is 0.481. The van der Waals surface area contributed by atoms with Crippen molar-refractivity contribution in [1.29, 1.82) is 0 Å². The lowest BCUT2D eigenvalue weighted by Crippen LogP contribution is -2.47. The Hall–Kier alpha value is -5.18. The van der Waals surface area contributed by atoms with Gasteiger partial charge >= 0.3 is 0 Å². The first-order valence-corrected chi connectivity index (χ1v) is 23.7. The van der Waals surface area contributed by atoms with Crippen LogP contribution in [-0.4, -0.2) is 79.1 Å². The summed E-state index contributed by atoms with van der Waals surface area (Å²) in [5.41, 5.74) is 8.40. The van der Waals surface area contributed by atoms with Gasteiger partial charge in [-0.2, -0.15) is 0 Å². The lowest BCUT2D eigenvalue weighted by molar-refractivity contribution is 0.0836. The molecule has 2 aliphatic rings. The van der Waals surface area contributed by atoms with Crippen molar-refractivity contribution in [3.63, 3.8) is 0 Å². The minimum absolute atomic E-state index is 0.0229. The number of aryl methyl sites for hydroxylation is 2. The number of halogens is 2. The molecule has 5 nitrogen and oxygen atoms in total. The van der Waals surface area contributed by atoms with Crippen LogP contribution >= 0.6 is 0 Å². The number of ether oxygens (including phenoxy) is 1. The van der Waals surface area contributed by atoms with Crippen molar-refractivity contribution in [2.45, 2.75) is 76.0 Å². The largest absolute Gasteiger partial charge is 0.497 e. The fraction of sp³-hybridized carbons (Fsp3) is 0.368. The predicted molar refractivity (Wildman–Crippen MR) is 258 cm³/mol. The van der Waals surface area contributed by atoms with E-state index < -0.39 is 0 Å². The minimum atomic E-state index is -0.231. The highest BCUT2D eigenvalue weighted by molar-refractivity contribution is 5.33. The van der Waals surface area contributed by atoms with Crippen molar-refractivity contribution >= 4 is 0 Å². The van der Waals surface area contributed by atoms with Gasteiger partial charge in [0.25, 0.3) is 0 Å². The molecule has 2 heterocycles. The van der Waals surface area contributed by atoms with E-state index in [0.717, 1.165) is 127 Å². The van der Waals surface area contributed by atoms with E-state index in [4.69, 9.17) is 4.74 Å². The van der Waals surface area contributed by atoms with Crippen LogP contribution in [0.25, 0.3) is 0 Å². The van der Waals surface area contributed by atoms with Crippen LogP contribution < -0.4 is 4.74 Å². The predicted octanol–water partition coefficient (Wildman–Crippen LogP) is 11.9. The molecule has 2 aliphatic heterocycles. The Kier molecular flexibility index (Phi) is 16.4. The van der Waals surface area contributed by atoms with E-state index in [-0.39, 0.29) is 29.6 Å². The Balaban J connectivity index is 1.05. The fourth-order valence-corrected chi connectivity index (χ4v) is 10.1. The average molecular weight is 861 g/mol. The second-order valence-electron chi connectivity index (χ2n) is 18.0. The summed E-state index contributed by atoms with van der Waals surface area (Å²) in [5, 5.41) is 0. The SMILES string of the molecule is COc1ccc(CCCCC(c2ccc(F)c(C(CCc3ccccc3)CC(c3ccc(F)cc3)N3CCN(Cc4ccccc4)CC3)c2)N2CCN(Cc3ccccc3)CC2)cc1. The molecule has 64 heavy (non-hydrogen) atoms. The Labute approximate surface area is 381 Å². The van der Waals surface area contributed by atoms with E-state index in [1.807, 2.05) is 24.3 Å². The van der Waals surface area contributed by atoms with Crippen molar-refractivity contribution in [3.8, 4) is 5.75 Å². The first kappa shape index (κ1) is 45.4. The van der Waals surface area contributed by atoms with Crippen LogP contribution in [0.5, 0.6) is 5.75 Å². The summed E-state index contributed by atoms with van der Waals surface area (Å²) in [6.07, 6.45) is 6.62. The van der Waals surface area contributed by atoms with E-state index in [1.165, 1.54) is 27.8 Å². The number of hydrogen-bond donors (Lipinski definition) is 0. The first-order chi connectivity index (χ1) is 31.5. The molecule has 0 amide bonds. The molecule has 3 atom stereocenters. The summed E-state index contributed by atoms with van der Waals surface area (Å²) in [7, 11) is 1.71. The maximum absolute atomic E-state index is 16.8. The normalized spacial score (nSPS) is 16.9. The van der Waals surface area contributed by atoms with Crippen molar-refractivity contribution in [3.05, 3.63) is 208 Å². The number of benzene rings is 6. The summed E-state index contributed by atoms with van der Waals surface area (Å²) < 4.78 is 36.6. The number of rotatable bonds is 20. The van der Waals surface area contributed by atoms with Gasteiger partial charge in [-0.1, -0.05) is 134 Å². The number of nitrogens with zero attached hydrogens (tertiary/aromatic N) is 4. The molecule has 3 unspecified atom stereocenters. The summed E-state index contributed by atoms with van der Waals surface area (Å²) in [6.45, 7) is 9.54. The van der Waals surface area contributed by atoms with Crippen LogP contribution in [0.2, 0.25) is 0 Å². The summed E-state index contributed by atoms with van der Waals surface area (Å²) in [4.78, 5) is 10.3. The summed E-state index contributed by atoms with van der Waals surface area (Å²) >= 11 is 0. The van der Waals surface area contributed by atoms with Gasteiger partial charge in [-0.15, -0.1) is 0 Å². The van der Waals surface area contributed by atoms with Gasteiger partial charge in [-0.25, -0.2) is 8.78 Å². The highest BCUT2D eigenvalue weighted by Gasteiger charge is 2.31. The van der Waals surface area contributed by atoms with Crippen molar-refractivity contribution < 1.29 is 13.5 Å². The van der Waals surface area contributed by atoms with Gasteiger partial charge in [-0.05, 0) is 114 Å². The van der Waals surface area contributed by atoms with Crippen LogP contribution in [0, 0.1) is 11.6 Å². The Morgan fingerprint density at radius 3 is 1.56 bits per heavy atom. The zero-order valence-electron chi connectivity index (χ0n) is 37.7. The van der Waals surface area contributed by atoms with Crippen molar-refractivity contribution in [1.82, 2.24) is 19.6 Å². The lowest BCUT2D eigenvalue weighted by Gasteiger charge is -2.41. The van der Waals surface area contributed by atoms with Crippen molar-refractivity contribution in [2.75, 3.05) is 59.5 Å². The van der Waals surface area contributed by atoms with Gasteiger partial charge < -0.3 is 4.74 Å². The molecule has 0 spiro atoms. The monoisotopic (exact) mass is 861 g/mol. The molecule has 0 saturated carbocycles. The number of unbranched alkanes of at least 4 members (excludes halogenated alkanes) is 1. The van der Waals surface area contributed by atoms with E-state index in [9.17, 15) is 4.39 Å². The molecule has 0 aromatic heterocycles. The zero-order chi connectivity index (χ0) is 43.9. The molecule has 0 aliphatic carbocycles. The molecule has 334 valence electrons. The number of methoxy groups -OCH3 is 1. The van der Waals surface area contributed by atoms with E-state index in [1.54, 1.807) is 25.3 Å². The second-order valence-corrected chi connectivity index (χ2v) is 18.0. The average Bonchev–Trinajstić information content (AvgIpc) is 3.34. The molecule has 0 N–H and O–H groups in total. The van der Waals surface area contributed by atoms with E-state index in [0.29, 0.717) is 0 Å². The smallest absolute Gasteiger partial charge is 0.126 e.